The van der Waals surface area contributed by atoms with Crippen molar-refractivity contribution in [2.75, 3.05) is 14.2 Å². The quantitative estimate of drug-likeness (QED) is 0.778. The van der Waals surface area contributed by atoms with Crippen LogP contribution in [0.15, 0.2) is 36.4 Å². The highest BCUT2D eigenvalue weighted by atomic mass is 19.3. The molecule has 1 N–H and O–H groups in total. The number of hydrogen-bond donors (Lipinski definition) is 1. The Balaban J connectivity index is 2.00. The van der Waals surface area contributed by atoms with Gasteiger partial charge in [-0.1, -0.05) is 23.8 Å². The zero-order valence-electron chi connectivity index (χ0n) is 14.8. The van der Waals surface area contributed by atoms with E-state index >= 15 is 0 Å². The molecule has 140 valence electrons. The largest absolute Gasteiger partial charge is 0.496 e. The lowest BCUT2D eigenvalue weighted by atomic mass is 10.1. The highest BCUT2D eigenvalue weighted by molar-refractivity contribution is 5.79. The Morgan fingerprint density at radius 3 is 2.38 bits per heavy atom. The topological polar surface area (TPSA) is 56.8 Å². The Hall–Kier alpha value is -2.83. The zero-order valence-corrected chi connectivity index (χ0v) is 14.8. The minimum absolute atomic E-state index is 0.0536. The van der Waals surface area contributed by atoms with E-state index in [4.69, 9.17) is 9.47 Å². The number of nitrogens with one attached hydrogen (secondary N) is 1. The minimum atomic E-state index is -2.93. The van der Waals surface area contributed by atoms with Crippen molar-refractivity contribution in [2.24, 2.45) is 0 Å². The first-order valence-corrected chi connectivity index (χ1v) is 7.95. The Bertz CT molecular complexity index is 765. The number of methoxy groups -OCH3 is 2. The summed E-state index contributed by atoms with van der Waals surface area (Å²) in [5, 5.41) is 2.79. The molecular weight excluding hydrogens is 344 g/mol. The maximum atomic E-state index is 12.3. The summed E-state index contributed by atoms with van der Waals surface area (Å²) in [5.74, 6) is 0.598. The molecule has 0 bridgehead atoms. The fourth-order valence-corrected chi connectivity index (χ4v) is 2.50. The van der Waals surface area contributed by atoms with E-state index < -0.39 is 6.61 Å². The molecule has 0 unspecified atom stereocenters. The van der Waals surface area contributed by atoms with E-state index in [1.165, 1.54) is 13.2 Å². The summed E-state index contributed by atoms with van der Waals surface area (Å²) in [4.78, 5) is 12.2. The molecule has 7 heteroatoms. The number of benzene rings is 2. The van der Waals surface area contributed by atoms with Crippen LogP contribution in [-0.2, 0) is 17.8 Å². The van der Waals surface area contributed by atoms with Crippen molar-refractivity contribution in [3.05, 3.63) is 53.1 Å². The normalized spacial score (nSPS) is 10.5. The van der Waals surface area contributed by atoms with Gasteiger partial charge in [-0.15, -0.1) is 0 Å². The molecule has 0 atom stereocenters. The molecule has 0 saturated heterocycles. The van der Waals surface area contributed by atoms with E-state index in [1.807, 2.05) is 25.1 Å². The first-order chi connectivity index (χ1) is 12.4. The summed E-state index contributed by atoms with van der Waals surface area (Å²) in [5.41, 5.74) is 2.53. The van der Waals surface area contributed by atoms with Crippen molar-refractivity contribution in [3.63, 3.8) is 0 Å². The molecule has 2 aromatic carbocycles. The van der Waals surface area contributed by atoms with Crippen LogP contribution in [0.2, 0.25) is 0 Å². The molecule has 1 amide bonds. The molecule has 5 nitrogen and oxygen atoms in total. The summed E-state index contributed by atoms with van der Waals surface area (Å²) < 4.78 is 39.4. The first kappa shape index (κ1) is 19.5. The number of alkyl halides is 2. The van der Waals surface area contributed by atoms with Crippen LogP contribution in [-0.4, -0.2) is 26.7 Å². The lowest BCUT2D eigenvalue weighted by Crippen LogP contribution is -2.24. The van der Waals surface area contributed by atoms with Crippen LogP contribution in [0.4, 0.5) is 8.78 Å². The van der Waals surface area contributed by atoms with Crippen LogP contribution >= 0.6 is 0 Å². The highest BCUT2D eigenvalue weighted by Gasteiger charge is 2.12. The van der Waals surface area contributed by atoms with E-state index in [1.54, 1.807) is 19.2 Å². The van der Waals surface area contributed by atoms with Gasteiger partial charge in [-0.3, -0.25) is 4.79 Å². The van der Waals surface area contributed by atoms with Gasteiger partial charge < -0.3 is 19.5 Å². The predicted molar refractivity (Wildman–Crippen MR) is 92.9 cm³/mol. The molecule has 0 spiro atoms. The average molecular weight is 365 g/mol. The maximum absolute atomic E-state index is 12.3. The summed E-state index contributed by atoms with van der Waals surface area (Å²) >= 11 is 0. The number of halogens is 2. The standard InChI is InChI=1S/C19H21F2NO4/c1-12-4-6-15(24-2)14(8-12)10-18(23)22-11-13-5-7-16(26-19(20)21)17(9-13)25-3/h4-9,19H,10-11H2,1-3H3,(H,22,23). The second kappa shape index (κ2) is 9.03. The molecule has 0 fully saturated rings. The maximum Gasteiger partial charge on any atom is 0.387 e. The van der Waals surface area contributed by atoms with Crippen LogP contribution in [0.25, 0.3) is 0 Å². The lowest BCUT2D eigenvalue weighted by molar-refractivity contribution is -0.120. The van der Waals surface area contributed by atoms with Crippen LogP contribution in [0.5, 0.6) is 17.2 Å². The van der Waals surface area contributed by atoms with Crippen LogP contribution in [0.3, 0.4) is 0 Å². The molecule has 0 aliphatic rings. The van der Waals surface area contributed by atoms with Crippen molar-refractivity contribution in [1.82, 2.24) is 5.32 Å². The monoisotopic (exact) mass is 365 g/mol. The van der Waals surface area contributed by atoms with E-state index in [2.05, 4.69) is 10.1 Å². The summed E-state index contributed by atoms with van der Waals surface area (Å²) in [6, 6.07) is 10.2. The average Bonchev–Trinajstić information content (AvgIpc) is 2.60. The van der Waals surface area contributed by atoms with Gasteiger partial charge in [0, 0.05) is 12.1 Å². The third kappa shape index (κ3) is 5.34. The first-order valence-electron chi connectivity index (χ1n) is 7.95. The van der Waals surface area contributed by atoms with Crippen molar-refractivity contribution < 1.29 is 27.8 Å². The predicted octanol–water partition coefficient (Wildman–Crippen LogP) is 3.47. The van der Waals surface area contributed by atoms with Gasteiger partial charge in [-0.2, -0.15) is 8.78 Å². The second-order valence-corrected chi connectivity index (χ2v) is 5.63. The zero-order chi connectivity index (χ0) is 19.1. The second-order valence-electron chi connectivity index (χ2n) is 5.63. The molecule has 2 rings (SSSR count). The minimum Gasteiger partial charge on any atom is -0.496 e. The number of ether oxygens (including phenoxy) is 3. The van der Waals surface area contributed by atoms with Crippen molar-refractivity contribution in [3.8, 4) is 17.2 Å². The fraction of sp³-hybridized carbons (Fsp3) is 0.316. The summed E-state index contributed by atoms with van der Waals surface area (Å²) in [6.07, 6.45) is 0.175. The Labute approximate surface area is 150 Å². The van der Waals surface area contributed by atoms with Gasteiger partial charge in [0.2, 0.25) is 5.91 Å². The SMILES string of the molecule is COc1ccc(C)cc1CC(=O)NCc1ccc(OC(F)F)c(OC)c1. The third-order valence-electron chi connectivity index (χ3n) is 3.72. The van der Waals surface area contributed by atoms with Crippen molar-refractivity contribution >= 4 is 5.91 Å². The van der Waals surface area contributed by atoms with Crippen LogP contribution in [0, 0.1) is 6.92 Å². The van der Waals surface area contributed by atoms with E-state index in [9.17, 15) is 13.6 Å². The van der Waals surface area contributed by atoms with Gasteiger partial charge in [0.05, 0.1) is 20.6 Å². The van der Waals surface area contributed by atoms with E-state index in [0.717, 1.165) is 11.1 Å². The van der Waals surface area contributed by atoms with Crippen LogP contribution in [0.1, 0.15) is 16.7 Å². The molecule has 0 saturated carbocycles. The molecule has 2 aromatic rings. The molecular formula is C19H21F2NO4. The van der Waals surface area contributed by atoms with Crippen molar-refractivity contribution in [2.45, 2.75) is 26.5 Å². The number of amides is 1. The Kier molecular flexibility index (Phi) is 6.77. The number of rotatable bonds is 8. The van der Waals surface area contributed by atoms with Gasteiger partial charge in [0.25, 0.3) is 0 Å². The smallest absolute Gasteiger partial charge is 0.387 e. The number of hydrogen-bond acceptors (Lipinski definition) is 4. The molecule has 0 radical (unpaired) electrons. The van der Waals surface area contributed by atoms with E-state index in [-0.39, 0.29) is 30.4 Å². The molecule has 0 aliphatic heterocycles. The van der Waals surface area contributed by atoms with Gasteiger partial charge >= 0.3 is 6.61 Å². The number of aryl methyl sites for hydroxylation is 1. The van der Waals surface area contributed by atoms with E-state index in [0.29, 0.717) is 11.3 Å². The Morgan fingerprint density at radius 2 is 1.73 bits per heavy atom. The number of carbonyl (C=O) groups is 1. The molecule has 0 aromatic heterocycles. The molecule has 26 heavy (non-hydrogen) atoms. The lowest BCUT2D eigenvalue weighted by Gasteiger charge is -2.12. The Morgan fingerprint density at radius 1 is 1.04 bits per heavy atom. The fourth-order valence-electron chi connectivity index (χ4n) is 2.50. The van der Waals surface area contributed by atoms with Gasteiger partial charge in [0.1, 0.15) is 5.75 Å². The number of carbonyl (C=O) groups excluding carboxylic acids is 1. The third-order valence-corrected chi connectivity index (χ3v) is 3.72. The molecule has 0 heterocycles. The highest BCUT2D eigenvalue weighted by Crippen LogP contribution is 2.29. The summed E-state index contributed by atoms with van der Waals surface area (Å²) in [7, 11) is 2.92. The van der Waals surface area contributed by atoms with Gasteiger partial charge in [0.15, 0.2) is 11.5 Å². The summed E-state index contributed by atoms with van der Waals surface area (Å²) in [6.45, 7) is -0.757. The van der Waals surface area contributed by atoms with Gasteiger partial charge in [-0.05, 0) is 30.7 Å². The van der Waals surface area contributed by atoms with Gasteiger partial charge in [-0.25, -0.2) is 0 Å². The molecule has 0 aliphatic carbocycles. The van der Waals surface area contributed by atoms with Crippen LogP contribution < -0.4 is 19.5 Å². The van der Waals surface area contributed by atoms with Crippen molar-refractivity contribution in [1.29, 1.82) is 0 Å².